The highest BCUT2D eigenvalue weighted by molar-refractivity contribution is 6.23. The Balaban J connectivity index is 1.58. The molecule has 7 aromatic rings. The van der Waals surface area contributed by atoms with Crippen LogP contribution in [0.15, 0.2) is 127 Å². The van der Waals surface area contributed by atoms with Gasteiger partial charge in [-0.15, -0.1) is 0 Å². The van der Waals surface area contributed by atoms with Crippen molar-refractivity contribution < 1.29 is 0 Å². The maximum absolute atomic E-state index is 2.37. The molecule has 7 aromatic carbocycles. The zero-order valence-electron chi connectivity index (χ0n) is 21.2. The van der Waals surface area contributed by atoms with E-state index in [4.69, 9.17) is 0 Å². The number of hydrogen-bond donors (Lipinski definition) is 0. The molecule has 0 heterocycles. The van der Waals surface area contributed by atoms with E-state index >= 15 is 0 Å². The van der Waals surface area contributed by atoms with Crippen molar-refractivity contribution in [3.8, 4) is 22.3 Å². The molecule has 0 heteroatoms. The van der Waals surface area contributed by atoms with E-state index in [1.807, 2.05) is 0 Å². The summed E-state index contributed by atoms with van der Waals surface area (Å²) in [6.45, 7) is 4.51. The lowest BCUT2D eigenvalue weighted by molar-refractivity contribution is 0.869. The topological polar surface area (TPSA) is 0 Å². The molecule has 0 aliphatic carbocycles. The molecule has 0 saturated heterocycles. The fraction of sp³-hybridized carbons (Fsp3) is 0.0811. The second kappa shape index (κ2) is 8.61. The summed E-state index contributed by atoms with van der Waals surface area (Å²) in [5.74, 6) is 0.526. The standard InChI is InChI=1S/C37H28/c1-24(2)26-18-19-28-23-29(21-20-27(28)22-26)36-32-13-5-7-15-34(32)37(35-16-8-6-14-33(35)36)31-17-9-11-25-10-3-4-12-30(25)31/h3-24H,1-2H3. The van der Waals surface area contributed by atoms with Crippen molar-refractivity contribution in [1.82, 2.24) is 0 Å². The molecule has 0 aliphatic rings. The minimum Gasteiger partial charge on any atom is -0.0616 e. The van der Waals surface area contributed by atoms with Gasteiger partial charge in [0, 0.05) is 0 Å². The molecule has 0 fully saturated rings. The Hall–Kier alpha value is -4.42. The first-order chi connectivity index (χ1) is 18.2. The fourth-order valence-electron chi connectivity index (χ4n) is 5.95. The van der Waals surface area contributed by atoms with E-state index in [0.717, 1.165) is 0 Å². The van der Waals surface area contributed by atoms with Crippen LogP contribution in [0.25, 0.3) is 65.3 Å². The third kappa shape index (κ3) is 3.52. The third-order valence-corrected chi connectivity index (χ3v) is 7.81. The van der Waals surface area contributed by atoms with Gasteiger partial charge in [-0.3, -0.25) is 0 Å². The Bertz CT molecular complexity index is 1890. The molecule has 0 nitrogen and oxygen atoms in total. The molecular weight excluding hydrogens is 444 g/mol. The summed E-state index contributed by atoms with van der Waals surface area (Å²) in [6, 6.07) is 47.1. The number of benzene rings is 7. The molecule has 0 bridgehead atoms. The van der Waals surface area contributed by atoms with E-state index in [1.54, 1.807) is 0 Å². The SMILES string of the molecule is CC(C)c1ccc2cc(-c3c4ccccc4c(-c4cccc5ccccc45)c4ccccc34)ccc2c1. The molecule has 0 unspecified atom stereocenters. The molecule has 0 amide bonds. The Morgan fingerprint density at radius 1 is 0.405 bits per heavy atom. The normalized spacial score (nSPS) is 11.8. The highest BCUT2D eigenvalue weighted by Gasteiger charge is 2.17. The van der Waals surface area contributed by atoms with Crippen molar-refractivity contribution in [3.63, 3.8) is 0 Å². The second-order valence-corrected chi connectivity index (χ2v) is 10.3. The lowest BCUT2D eigenvalue weighted by Crippen LogP contribution is -1.92. The van der Waals surface area contributed by atoms with Gasteiger partial charge in [-0.2, -0.15) is 0 Å². The number of hydrogen-bond acceptors (Lipinski definition) is 0. The van der Waals surface area contributed by atoms with Crippen LogP contribution in [0.5, 0.6) is 0 Å². The minimum absolute atomic E-state index is 0.526. The molecule has 0 aromatic heterocycles. The van der Waals surface area contributed by atoms with E-state index in [9.17, 15) is 0 Å². The van der Waals surface area contributed by atoms with Crippen molar-refractivity contribution >= 4 is 43.1 Å². The Morgan fingerprint density at radius 3 is 1.62 bits per heavy atom. The molecule has 0 N–H and O–H groups in total. The van der Waals surface area contributed by atoms with E-state index in [1.165, 1.54) is 70.9 Å². The maximum Gasteiger partial charge on any atom is -0.00201 e. The quantitative estimate of drug-likeness (QED) is 0.224. The Morgan fingerprint density at radius 2 is 0.946 bits per heavy atom. The first-order valence-electron chi connectivity index (χ1n) is 13.1. The third-order valence-electron chi connectivity index (χ3n) is 7.81. The molecule has 0 saturated carbocycles. The first-order valence-corrected chi connectivity index (χ1v) is 13.1. The van der Waals surface area contributed by atoms with Crippen molar-refractivity contribution in [1.29, 1.82) is 0 Å². The number of fused-ring (bicyclic) bond motifs is 4. The summed E-state index contributed by atoms with van der Waals surface area (Å²) < 4.78 is 0. The molecule has 0 atom stereocenters. The second-order valence-electron chi connectivity index (χ2n) is 10.3. The van der Waals surface area contributed by atoms with Crippen LogP contribution in [0.3, 0.4) is 0 Å². The monoisotopic (exact) mass is 472 g/mol. The van der Waals surface area contributed by atoms with Crippen LogP contribution in [0.4, 0.5) is 0 Å². The summed E-state index contributed by atoms with van der Waals surface area (Å²) in [7, 11) is 0. The maximum atomic E-state index is 2.37. The van der Waals surface area contributed by atoms with Crippen LogP contribution in [0.1, 0.15) is 25.3 Å². The van der Waals surface area contributed by atoms with Crippen LogP contribution < -0.4 is 0 Å². The summed E-state index contributed by atoms with van der Waals surface area (Å²) >= 11 is 0. The average molecular weight is 473 g/mol. The zero-order chi connectivity index (χ0) is 24.9. The molecule has 0 spiro atoms. The molecule has 7 rings (SSSR count). The predicted molar refractivity (Wildman–Crippen MR) is 161 cm³/mol. The molecule has 176 valence electrons. The van der Waals surface area contributed by atoms with E-state index in [-0.39, 0.29) is 0 Å². The van der Waals surface area contributed by atoms with Gasteiger partial charge in [0.15, 0.2) is 0 Å². The van der Waals surface area contributed by atoms with Crippen LogP contribution in [-0.2, 0) is 0 Å². The number of rotatable bonds is 3. The molecule has 0 aliphatic heterocycles. The summed E-state index contributed by atoms with van der Waals surface area (Å²) in [6.07, 6.45) is 0. The van der Waals surface area contributed by atoms with Crippen LogP contribution in [0.2, 0.25) is 0 Å². The first kappa shape index (κ1) is 21.8. The Labute approximate surface area is 217 Å². The average Bonchev–Trinajstić information content (AvgIpc) is 2.95. The van der Waals surface area contributed by atoms with Crippen molar-refractivity contribution in [3.05, 3.63) is 133 Å². The summed E-state index contributed by atoms with van der Waals surface area (Å²) in [5.41, 5.74) is 6.56. The fourth-order valence-corrected chi connectivity index (χ4v) is 5.95. The van der Waals surface area contributed by atoms with Gasteiger partial charge in [-0.25, -0.2) is 0 Å². The van der Waals surface area contributed by atoms with Crippen molar-refractivity contribution in [2.45, 2.75) is 19.8 Å². The van der Waals surface area contributed by atoms with Crippen LogP contribution in [0, 0.1) is 0 Å². The van der Waals surface area contributed by atoms with Crippen molar-refractivity contribution in [2.75, 3.05) is 0 Å². The molecular formula is C37H28. The largest absolute Gasteiger partial charge is 0.0616 e. The smallest absolute Gasteiger partial charge is 0.00201 e. The van der Waals surface area contributed by atoms with Gasteiger partial charge in [0.05, 0.1) is 0 Å². The van der Waals surface area contributed by atoms with Gasteiger partial charge >= 0.3 is 0 Å². The lowest BCUT2D eigenvalue weighted by Gasteiger charge is -2.19. The van der Waals surface area contributed by atoms with Gasteiger partial charge in [0.25, 0.3) is 0 Å². The van der Waals surface area contributed by atoms with Crippen LogP contribution >= 0.6 is 0 Å². The van der Waals surface area contributed by atoms with Gasteiger partial charge in [0.1, 0.15) is 0 Å². The summed E-state index contributed by atoms with van der Waals surface area (Å²) in [4.78, 5) is 0. The van der Waals surface area contributed by atoms with Crippen LogP contribution in [-0.4, -0.2) is 0 Å². The lowest BCUT2D eigenvalue weighted by atomic mass is 9.84. The summed E-state index contributed by atoms with van der Waals surface area (Å²) in [5, 5.41) is 10.3. The van der Waals surface area contributed by atoms with Crippen molar-refractivity contribution in [2.24, 2.45) is 0 Å². The highest BCUT2D eigenvalue weighted by atomic mass is 14.2. The van der Waals surface area contributed by atoms with Gasteiger partial charge in [0.2, 0.25) is 0 Å². The molecule has 37 heavy (non-hydrogen) atoms. The van der Waals surface area contributed by atoms with E-state index in [0.29, 0.717) is 5.92 Å². The van der Waals surface area contributed by atoms with E-state index < -0.39 is 0 Å². The predicted octanol–water partition coefficient (Wildman–Crippen LogP) is 10.8. The Kier molecular flexibility index (Phi) is 5.08. The minimum atomic E-state index is 0.526. The zero-order valence-corrected chi connectivity index (χ0v) is 21.2. The van der Waals surface area contributed by atoms with Gasteiger partial charge in [-0.05, 0) is 82.9 Å². The highest BCUT2D eigenvalue weighted by Crippen LogP contribution is 2.45. The van der Waals surface area contributed by atoms with E-state index in [2.05, 4.69) is 141 Å². The van der Waals surface area contributed by atoms with Gasteiger partial charge < -0.3 is 0 Å². The van der Waals surface area contributed by atoms with Gasteiger partial charge in [-0.1, -0.05) is 135 Å². The molecule has 0 radical (unpaired) electrons.